The first-order valence-electron chi connectivity index (χ1n) is 12.7. The predicted molar refractivity (Wildman–Crippen MR) is 142 cm³/mol. The van der Waals surface area contributed by atoms with Gasteiger partial charge in [-0.1, -0.05) is 6.07 Å². The van der Waals surface area contributed by atoms with E-state index < -0.39 is 5.82 Å². The summed E-state index contributed by atoms with van der Waals surface area (Å²) in [5, 5.41) is 22.9. The van der Waals surface area contributed by atoms with Crippen LogP contribution in [-0.4, -0.2) is 77.5 Å². The van der Waals surface area contributed by atoms with Gasteiger partial charge in [0.1, 0.15) is 28.5 Å². The van der Waals surface area contributed by atoms with Crippen LogP contribution in [0.1, 0.15) is 12.8 Å². The van der Waals surface area contributed by atoms with Crippen molar-refractivity contribution in [2.45, 2.75) is 18.9 Å². The van der Waals surface area contributed by atoms with Crippen LogP contribution in [0.4, 0.5) is 15.8 Å². The number of phenolic OH excluding ortho intramolecular Hbond substituents is 2. The lowest BCUT2D eigenvalue weighted by Gasteiger charge is -2.44. The molecule has 0 saturated carbocycles. The van der Waals surface area contributed by atoms with Crippen LogP contribution in [0.3, 0.4) is 0 Å². The Bertz CT molecular complexity index is 1450. The van der Waals surface area contributed by atoms with Crippen LogP contribution < -0.4 is 14.5 Å². The lowest BCUT2D eigenvalue weighted by molar-refractivity contribution is 0.159. The number of nitrogens with zero attached hydrogens (tertiary/aromatic N) is 5. The van der Waals surface area contributed by atoms with E-state index in [4.69, 9.17) is 4.74 Å². The van der Waals surface area contributed by atoms with Crippen molar-refractivity contribution in [1.29, 1.82) is 0 Å². The van der Waals surface area contributed by atoms with Gasteiger partial charge in [-0.3, -0.25) is 14.9 Å². The highest BCUT2D eigenvalue weighted by Crippen LogP contribution is 2.43. The van der Waals surface area contributed by atoms with Crippen molar-refractivity contribution in [3.8, 4) is 17.2 Å². The third kappa shape index (κ3) is 4.13. The molecule has 0 unspecified atom stereocenters. The van der Waals surface area contributed by atoms with Gasteiger partial charge >= 0.3 is 0 Å². The third-order valence-corrected chi connectivity index (χ3v) is 7.75. The van der Waals surface area contributed by atoms with Crippen molar-refractivity contribution in [3.05, 3.63) is 54.6 Å². The Kier molecular flexibility index (Phi) is 6.08. The Morgan fingerprint density at radius 1 is 0.865 bits per heavy atom. The molecule has 8 nitrogen and oxygen atoms in total. The fraction of sp³-hybridized carbons (Fsp3) is 0.357. The summed E-state index contributed by atoms with van der Waals surface area (Å²) in [6, 6.07) is 10.7. The van der Waals surface area contributed by atoms with Crippen LogP contribution in [-0.2, 0) is 0 Å². The topological polar surface area (TPSA) is 85.2 Å². The van der Waals surface area contributed by atoms with E-state index >= 15 is 0 Å². The molecule has 2 N–H and O–H groups in total. The smallest absolute Gasteiger partial charge is 0.183 e. The molecular formula is C28H30FN5O3. The number of fused-ring (bicyclic) bond motifs is 2. The van der Waals surface area contributed by atoms with Crippen molar-refractivity contribution in [1.82, 2.24) is 14.9 Å². The monoisotopic (exact) mass is 503 g/mol. The van der Waals surface area contributed by atoms with E-state index in [0.29, 0.717) is 28.4 Å². The van der Waals surface area contributed by atoms with E-state index in [-0.39, 0.29) is 11.5 Å². The van der Waals surface area contributed by atoms with Gasteiger partial charge in [-0.25, -0.2) is 4.39 Å². The van der Waals surface area contributed by atoms with Crippen LogP contribution in [0.5, 0.6) is 17.2 Å². The first kappa shape index (κ1) is 23.5. The van der Waals surface area contributed by atoms with Gasteiger partial charge in [0.25, 0.3) is 0 Å². The summed E-state index contributed by atoms with van der Waals surface area (Å²) in [6.07, 6.45) is 5.27. The van der Waals surface area contributed by atoms with Crippen molar-refractivity contribution < 1.29 is 19.3 Å². The molecule has 2 aromatic carbocycles. The van der Waals surface area contributed by atoms with E-state index in [2.05, 4.69) is 24.7 Å². The summed E-state index contributed by atoms with van der Waals surface area (Å²) in [6.45, 7) is 4.84. The third-order valence-electron chi connectivity index (χ3n) is 7.75. The first-order valence-corrected chi connectivity index (χ1v) is 12.7. The molecule has 4 heterocycles. The number of aromatic nitrogens is 2. The maximum atomic E-state index is 14.4. The average molecular weight is 504 g/mol. The lowest BCUT2D eigenvalue weighted by Crippen LogP contribution is -2.53. The number of benzene rings is 2. The standard InChI is InChI=1S/C28H30FN5O3/c1-37-23-16-18-4-2-8-30-24(18)27(28(23)36)34-14-12-32(13-15-34)19-6-10-33(11-7-19)26-22(35)17-21(29)20-5-3-9-31-25(20)26/h2-5,8-9,16-17,19,35-36H,6-7,10-15H2,1H3. The maximum absolute atomic E-state index is 14.4. The second-order valence-electron chi connectivity index (χ2n) is 9.72. The van der Waals surface area contributed by atoms with Gasteiger partial charge in [0.2, 0.25) is 0 Å². The highest BCUT2D eigenvalue weighted by Gasteiger charge is 2.31. The molecule has 0 amide bonds. The van der Waals surface area contributed by atoms with Crippen LogP contribution in [0.2, 0.25) is 0 Å². The van der Waals surface area contributed by atoms with E-state index in [9.17, 15) is 14.6 Å². The SMILES string of the molecule is COc1cc2cccnc2c(N2CCN(C3CCN(c4c(O)cc(F)c5cccnc45)CC3)CC2)c1O. The van der Waals surface area contributed by atoms with Gasteiger partial charge in [-0.15, -0.1) is 0 Å². The fourth-order valence-electron chi connectivity index (χ4n) is 5.88. The Hall–Kier alpha value is -3.85. The zero-order valence-electron chi connectivity index (χ0n) is 20.8. The molecule has 0 spiro atoms. The van der Waals surface area contributed by atoms with Crippen molar-refractivity contribution in [3.63, 3.8) is 0 Å². The Labute approximate surface area is 214 Å². The van der Waals surface area contributed by atoms with Crippen molar-refractivity contribution in [2.24, 2.45) is 0 Å². The minimum atomic E-state index is -0.456. The van der Waals surface area contributed by atoms with Gasteiger partial charge in [-0.2, -0.15) is 0 Å². The Morgan fingerprint density at radius 3 is 2.27 bits per heavy atom. The zero-order valence-corrected chi connectivity index (χ0v) is 20.8. The molecule has 2 aliphatic rings. The summed E-state index contributed by atoms with van der Waals surface area (Å²) in [4.78, 5) is 15.8. The highest BCUT2D eigenvalue weighted by molar-refractivity contribution is 5.96. The Morgan fingerprint density at radius 2 is 1.54 bits per heavy atom. The minimum absolute atomic E-state index is 0.0605. The molecule has 2 fully saturated rings. The molecule has 6 rings (SSSR count). The number of hydrogen-bond acceptors (Lipinski definition) is 8. The Balaban J connectivity index is 1.15. The summed E-state index contributed by atoms with van der Waals surface area (Å²) >= 11 is 0. The number of methoxy groups -OCH3 is 1. The van der Waals surface area contributed by atoms with Gasteiger partial charge in [0.15, 0.2) is 11.5 Å². The number of aromatic hydroxyl groups is 2. The van der Waals surface area contributed by atoms with Gasteiger partial charge in [0, 0.05) is 74.5 Å². The second kappa shape index (κ2) is 9.55. The molecule has 2 aliphatic heterocycles. The number of ether oxygens (including phenoxy) is 1. The number of halogens is 1. The quantitative estimate of drug-likeness (QED) is 0.430. The molecule has 0 bridgehead atoms. The van der Waals surface area contributed by atoms with E-state index in [1.807, 2.05) is 18.2 Å². The minimum Gasteiger partial charge on any atom is -0.506 e. The van der Waals surface area contributed by atoms with Gasteiger partial charge in [0.05, 0.1) is 12.6 Å². The summed E-state index contributed by atoms with van der Waals surface area (Å²) in [5.74, 6) is 0.0728. The number of pyridine rings is 2. The molecule has 0 aliphatic carbocycles. The number of phenols is 2. The van der Waals surface area contributed by atoms with Crippen molar-refractivity contribution in [2.75, 3.05) is 56.2 Å². The van der Waals surface area contributed by atoms with E-state index in [1.54, 1.807) is 31.6 Å². The molecule has 37 heavy (non-hydrogen) atoms. The zero-order chi connectivity index (χ0) is 25.5. The van der Waals surface area contributed by atoms with Gasteiger partial charge in [-0.05, 0) is 37.1 Å². The fourth-order valence-corrected chi connectivity index (χ4v) is 5.88. The molecule has 9 heteroatoms. The number of piperidine rings is 1. The molecule has 0 atom stereocenters. The van der Waals surface area contributed by atoms with Gasteiger partial charge < -0.3 is 24.7 Å². The second-order valence-corrected chi connectivity index (χ2v) is 9.72. The highest BCUT2D eigenvalue weighted by atomic mass is 19.1. The first-order chi connectivity index (χ1) is 18.0. The molecule has 4 aromatic rings. The van der Waals surface area contributed by atoms with Crippen LogP contribution in [0, 0.1) is 5.82 Å². The molecule has 2 saturated heterocycles. The molecule has 2 aromatic heterocycles. The number of piperazine rings is 1. The van der Waals surface area contributed by atoms with Crippen LogP contribution >= 0.6 is 0 Å². The van der Waals surface area contributed by atoms with Crippen LogP contribution in [0.15, 0.2) is 48.8 Å². The number of anilines is 2. The van der Waals surface area contributed by atoms with E-state index in [0.717, 1.165) is 68.7 Å². The summed E-state index contributed by atoms with van der Waals surface area (Å²) in [7, 11) is 1.57. The number of rotatable bonds is 4. The lowest BCUT2D eigenvalue weighted by atomic mass is 10.0. The largest absolute Gasteiger partial charge is 0.506 e. The maximum Gasteiger partial charge on any atom is 0.183 e. The predicted octanol–water partition coefficient (Wildman–Crippen LogP) is 4.13. The van der Waals surface area contributed by atoms with Crippen LogP contribution in [0.25, 0.3) is 21.8 Å². The normalized spacial score (nSPS) is 17.6. The average Bonchev–Trinajstić information content (AvgIpc) is 2.93. The number of hydrogen-bond donors (Lipinski definition) is 2. The van der Waals surface area contributed by atoms with E-state index in [1.165, 1.54) is 6.07 Å². The molecule has 192 valence electrons. The summed E-state index contributed by atoms with van der Waals surface area (Å²) in [5.41, 5.74) is 2.64. The van der Waals surface area contributed by atoms with Crippen molar-refractivity contribution >= 4 is 33.2 Å². The summed E-state index contributed by atoms with van der Waals surface area (Å²) < 4.78 is 19.8. The molecular weight excluding hydrogens is 473 g/mol. The molecule has 0 radical (unpaired) electrons.